The molecule has 0 unspecified atom stereocenters. The summed E-state index contributed by atoms with van der Waals surface area (Å²) in [6, 6.07) is 28.3. The van der Waals surface area contributed by atoms with Crippen LogP contribution in [0.25, 0.3) is 43.6 Å². The Hall–Kier alpha value is -5.46. The summed E-state index contributed by atoms with van der Waals surface area (Å²) in [5.41, 5.74) is 5.04. The summed E-state index contributed by atoms with van der Waals surface area (Å²) in [7, 11) is -13.0. The van der Waals surface area contributed by atoms with E-state index in [0.717, 1.165) is 44.5 Å². The third-order valence-corrected chi connectivity index (χ3v) is 10.4. The molecule has 0 fully saturated rings. The van der Waals surface area contributed by atoms with Gasteiger partial charge in [0, 0.05) is 33.7 Å². The van der Waals surface area contributed by atoms with Crippen LogP contribution in [0.5, 0.6) is 23.0 Å². The minimum atomic E-state index is -10.7. The number of imidazole rings is 2. The van der Waals surface area contributed by atoms with Gasteiger partial charge in [-0.25, -0.2) is 18.3 Å². The summed E-state index contributed by atoms with van der Waals surface area (Å²) in [6.45, 7) is 7.41. The van der Waals surface area contributed by atoms with Gasteiger partial charge in [-0.3, -0.25) is 0 Å². The Morgan fingerprint density at radius 1 is 0.342 bits per heavy atom. The molecule has 5 aromatic carbocycles. The van der Waals surface area contributed by atoms with Gasteiger partial charge in [0.2, 0.25) is 12.7 Å². The fourth-order valence-electron chi connectivity index (χ4n) is 7.39. The Kier molecular flexibility index (Phi) is 20.1. The molecule has 7 aromatic rings. The molecule has 0 aliphatic carbocycles. The van der Waals surface area contributed by atoms with Gasteiger partial charge >= 0.3 is 66.0 Å². The maximum absolute atomic E-state index is 10.7. The molecule has 76 heavy (non-hydrogen) atoms. The van der Waals surface area contributed by atoms with E-state index in [2.05, 4.69) is 71.2 Å². The smallest absolute Gasteiger partial charge is 0.127 e. The molecule has 1 aliphatic rings. The van der Waals surface area contributed by atoms with E-state index in [4.69, 9.17) is 47.4 Å². The van der Waals surface area contributed by atoms with Crippen molar-refractivity contribution in [3.8, 4) is 23.0 Å². The number of rotatable bonds is 0. The Morgan fingerprint density at radius 2 is 0.553 bits per heavy atom. The first-order valence-corrected chi connectivity index (χ1v) is 27.4. The van der Waals surface area contributed by atoms with Crippen LogP contribution in [-0.4, -0.2) is 115 Å². The molecule has 0 N–H and O–H groups in total. The van der Waals surface area contributed by atoms with Crippen molar-refractivity contribution >= 4 is 59.2 Å². The zero-order chi connectivity index (χ0) is 55.8. The Morgan fingerprint density at radius 3 is 0.776 bits per heavy atom. The van der Waals surface area contributed by atoms with Crippen molar-refractivity contribution in [1.82, 2.24) is 9.13 Å². The van der Waals surface area contributed by atoms with Crippen LogP contribution in [0, 0.1) is 0 Å². The van der Waals surface area contributed by atoms with Crippen LogP contribution in [0.15, 0.2) is 97.6 Å². The Labute approximate surface area is 428 Å². The standard InChI is InChI=1S/C36H44O10.C12H16N4.2F6P/c1-5-29-30-6-2-10-34(29)44-26-22-40-18-14-38-16-20-42-24-28-46-36-12-4-7-31-32(36)8-3-11-35(31)45-27-23-41-19-15-37-13-17-39-21-25-43-33(30)9-1;1-13-7-14(2)10-6-12-11(5-9(10)13)15(3)8-16(12)4;2*1-7(2,3,4,5)6/h1-12H,13-28H2;5-8H,1-4H3;;/q;+2;2*-1. The molecule has 28 heteroatoms. The van der Waals surface area contributed by atoms with Gasteiger partial charge in [-0.15, -0.1) is 0 Å². The van der Waals surface area contributed by atoms with Crippen LogP contribution in [0.2, 0.25) is 0 Å². The minimum absolute atomic E-state index is 0.431. The number of aromatic nitrogens is 4. The molecule has 14 nitrogen and oxygen atoms in total. The molecule has 3 heterocycles. The second-order valence-corrected chi connectivity index (χ2v) is 20.5. The van der Waals surface area contributed by atoms with Crippen molar-refractivity contribution in [2.24, 2.45) is 28.2 Å². The maximum atomic E-state index is 9.87. The van der Waals surface area contributed by atoms with E-state index >= 15 is 0 Å². The third-order valence-electron chi connectivity index (χ3n) is 10.4. The number of fused-ring (bicyclic) bond motifs is 2. The molecule has 0 amide bonds. The molecule has 426 valence electrons. The largest absolute Gasteiger partial charge is 0.491 e. The van der Waals surface area contributed by atoms with E-state index < -0.39 is 15.6 Å². The zero-order valence-corrected chi connectivity index (χ0v) is 43.6. The van der Waals surface area contributed by atoms with E-state index in [9.17, 15) is 50.4 Å². The second kappa shape index (κ2) is 24.9. The topological polar surface area (TPSA) is 110 Å². The number of hydrogen-bond acceptors (Lipinski definition) is 10. The summed E-state index contributed by atoms with van der Waals surface area (Å²) in [4.78, 5) is 0. The number of hydrogen-bond donors (Lipinski definition) is 0. The fourth-order valence-corrected chi connectivity index (χ4v) is 7.39. The number of nitrogens with zero attached hydrogens (tertiary/aromatic N) is 4. The quantitative estimate of drug-likeness (QED) is 0.0827. The monoisotopic (exact) mass is 1140 g/mol. The van der Waals surface area contributed by atoms with E-state index in [0.29, 0.717) is 106 Å². The van der Waals surface area contributed by atoms with Crippen LogP contribution in [0.3, 0.4) is 0 Å². The maximum Gasteiger partial charge on any atom is 0.127 e. The molecule has 0 radical (unpaired) electrons. The van der Waals surface area contributed by atoms with Crippen LogP contribution >= 0.6 is 15.6 Å². The van der Waals surface area contributed by atoms with Crippen molar-refractivity contribution in [3.05, 3.63) is 97.6 Å². The summed E-state index contributed by atoms with van der Waals surface area (Å²) in [6.07, 6.45) is 4.20. The molecule has 2 aromatic heterocycles. The molecule has 8 bridgehead atoms. The van der Waals surface area contributed by atoms with E-state index in [1.165, 1.54) is 22.1 Å². The third kappa shape index (κ3) is 23.8. The first-order valence-electron chi connectivity index (χ1n) is 23.3. The molecular weight excluding hydrogens is 1080 g/mol. The number of halogens is 12. The second-order valence-electron chi connectivity index (χ2n) is 16.7. The van der Waals surface area contributed by atoms with Gasteiger partial charge in [0.1, 0.15) is 49.4 Å². The van der Waals surface area contributed by atoms with Crippen LogP contribution in [-0.2, 0) is 56.6 Å². The number of benzene rings is 5. The van der Waals surface area contributed by atoms with Gasteiger partial charge in [0.25, 0.3) is 0 Å². The number of ether oxygens (including phenoxy) is 10. The average Bonchev–Trinajstić information content (AvgIpc) is 3.76. The molecule has 0 saturated carbocycles. The first kappa shape index (κ1) is 61.4. The zero-order valence-electron chi connectivity index (χ0n) is 41.9. The summed E-state index contributed by atoms with van der Waals surface area (Å²) in [5, 5.41) is 3.94. The SMILES string of the molecule is Cn1c[n+](C)c2cc3c(cc21)n(C)c[n+]3C.F[P-](F)(F)(F)(F)F.F[P-](F)(F)(F)(F)F.c1cc2c3cccc(c3c1)OCCOCCOCCOCCOc1cccc3c(cccc13)OCCOCCOCCOCCO2. The van der Waals surface area contributed by atoms with Gasteiger partial charge in [0.15, 0.2) is 22.1 Å². The summed E-state index contributed by atoms with van der Waals surface area (Å²) >= 11 is 0. The summed E-state index contributed by atoms with van der Waals surface area (Å²) in [5.74, 6) is 3.15. The first-order chi connectivity index (χ1) is 35.4. The van der Waals surface area contributed by atoms with Crippen molar-refractivity contribution in [2.75, 3.05) is 106 Å². The van der Waals surface area contributed by atoms with Gasteiger partial charge in [-0.05, 0) is 24.3 Å². The van der Waals surface area contributed by atoms with E-state index in [1.807, 2.05) is 72.8 Å². The Balaban J connectivity index is 0.000000285. The molecule has 0 spiro atoms. The Bertz CT molecular complexity index is 2610. The van der Waals surface area contributed by atoms with Gasteiger partial charge in [0.05, 0.1) is 107 Å². The van der Waals surface area contributed by atoms with Gasteiger partial charge in [-0.2, -0.15) is 0 Å². The molecule has 0 saturated heterocycles. The minimum Gasteiger partial charge on any atom is -0.491 e. The van der Waals surface area contributed by atoms with E-state index in [-0.39, 0.29) is 0 Å². The van der Waals surface area contributed by atoms with Crippen LogP contribution in [0.1, 0.15) is 0 Å². The molecule has 8 rings (SSSR count). The molecular formula is C48H60F12N4O10P2. The fraction of sp³-hybridized carbons (Fsp3) is 0.417. The van der Waals surface area contributed by atoms with Crippen molar-refractivity contribution in [1.29, 1.82) is 0 Å². The van der Waals surface area contributed by atoms with E-state index in [1.54, 1.807) is 0 Å². The summed E-state index contributed by atoms with van der Waals surface area (Å²) < 4.78 is 185. The number of aryl methyl sites for hydroxylation is 4. The van der Waals surface area contributed by atoms with Crippen LogP contribution in [0.4, 0.5) is 50.4 Å². The van der Waals surface area contributed by atoms with Gasteiger partial charge < -0.3 is 47.4 Å². The average molecular weight is 1140 g/mol. The van der Waals surface area contributed by atoms with Crippen molar-refractivity contribution < 1.29 is 107 Å². The normalized spacial score (nSPS) is 17.7. The van der Waals surface area contributed by atoms with Crippen molar-refractivity contribution in [3.63, 3.8) is 0 Å². The van der Waals surface area contributed by atoms with Gasteiger partial charge in [-0.1, -0.05) is 48.5 Å². The van der Waals surface area contributed by atoms with Crippen molar-refractivity contribution in [2.45, 2.75) is 0 Å². The van der Waals surface area contributed by atoms with Crippen LogP contribution < -0.4 is 28.1 Å². The predicted octanol–water partition coefficient (Wildman–Crippen LogP) is 12.4. The molecule has 1 aliphatic heterocycles. The molecule has 0 atom stereocenters. The predicted molar refractivity (Wildman–Crippen MR) is 264 cm³/mol.